The van der Waals surface area contributed by atoms with Gasteiger partial charge in [-0.1, -0.05) is 0 Å². The highest BCUT2D eigenvalue weighted by Gasteiger charge is 2.27. The lowest BCUT2D eigenvalue weighted by Crippen LogP contribution is -2.52. The maximum atomic E-state index is 12.4. The summed E-state index contributed by atoms with van der Waals surface area (Å²) < 4.78 is 15.1. The minimum absolute atomic E-state index is 0.0393. The zero-order chi connectivity index (χ0) is 24.1. The monoisotopic (exact) mass is 458 g/mol. The fourth-order valence-electron chi connectivity index (χ4n) is 3.12. The molecule has 0 bridgehead atoms. The number of phenols is 2. The molecule has 11 heteroatoms. The fourth-order valence-corrected chi connectivity index (χ4v) is 3.12. The number of carbonyl (C=O) groups excluding carboxylic acids is 4. The minimum atomic E-state index is -0.776. The molecule has 1 aliphatic heterocycles. The molecule has 2 aromatic carbocycles. The summed E-state index contributed by atoms with van der Waals surface area (Å²) in [6.07, 6.45) is -1.35. The molecular weight excluding hydrogens is 436 g/mol. The van der Waals surface area contributed by atoms with Crippen LogP contribution in [0.1, 0.15) is 27.6 Å². The molecule has 33 heavy (non-hydrogen) atoms. The smallest absolute Gasteiger partial charge is 0.415 e. The summed E-state index contributed by atoms with van der Waals surface area (Å²) in [6.45, 7) is 1.98. The highest BCUT2D eigenvalue weighted by atomic mass is 16.6. The average Bonchev–Trinajstić information content (AvgIpc) is 2.80. The van der Waals surface area contributed by atoms with Crippen molar-refractivity contribution in [1.82, 2.24) is 9.80 Å². The minimum Gasteiger partial charge on any atom is -0.507 e. The second-order valence-electron chi connectivity index (χ2n) is 7.12. The standard InChI is InChI=1S/C22H22N2O9/c1-13(25)16-11-14(3-5-18(16)26)32-21(29)23-7-9-24(10-8-23)22(30)33-15-4-6-19(27)17(12-15)20(28)31-2/h3-6,11-12,26-27H,7-10H2,1-2H3. The van der Waals surface area contributed by atoms with Gasteiger partial charge in [0, 0.05) is 26.2 Å². The zero-order valence-electron chi connectivity index (χ0n) is 17.9. The molecule has 174 valence electrons. The van der Waals surface area contributed by atoms with Crippen LogP contribution in [0.5, 0.6) is 23.0 Å². The van der Waals surface area contributed by atoms with Crippen LogP contribution in [0.3, 0.4) is 0 Å². The summed E-state index contributed by atoms with van der Waals surface area (Å²) in [7, 11) is 1.16. The van der Waals surface area contributed by atoms with Gasteiger partial charge in [-0.15, -0.1) is 0 Å². The molecule has 2 N–H and O–H groups in total. The van der Waals surface area contributed by atoms with E-state index in [1.165, 1.54) is 53.1 Å². The molecule has 0 radical (unpaired) electrons. The number of carbonyl (C=O) groups is 4. The Morgan fingerprint density at radius 1 is 0.758 bits per heavy atom. The van der Waals surface area contributed by atoms with Crippen LogP contribution in [-0.4, -0.2) is 77.2 Å². The van der Waals surface area contributed by atoms with E-state index < -0.39 is 18.2 Å². The largest absolute Gasteiger partial charge is 0.507 e. The van der Waals surface area contributed by atoms with E-state index in [-0.39, 0.29) is 66.1 Å². The Morgan fingerprint density at radius 3 is 1.61 bits per heavy atom. The van der Waals surface area contributed by atoms with Gasteiger partial charge in [-0.25, -0.2) is 14.4 Å². The number of Topliss-reactive ketones (excluding diaryl/α,β-unsaturated/α-hetero) is 1. The molecule has 0 aliphatic carbocycles. The molecule has 1 aliphatic rings. The highest BCUT2D eigenvalue weighted by Crippen LogP contribution is 2.25. The Morgan fingerprint density at radius 2 is 1.18 bits per heavy atom. The van der Waals surface area contributed by atoms with E-state index >= 15 is 0 Å². The summed E-state index contributed by atoms with van der Waals surface area (Å²) >= 11 is 0. The van der Waals surface area contributed by atoms with Crippen LogP contribution in [-0.2, 0) is 4.74 Å². The normalized spacial score (nSPS) is 13.3. The number of nitrogens with zero attached hydrogens (tertiary/aromatic N) is 2. The van der Waals surface area contributed by atoms with E-state index in [1.54, 1.807) is 0 Å². The predicted molar refractivity (Wildman–Crippen MR) is 113 cm³/mol. The Labute approximate surface area is 188 Å². The number of aromatic hydroxyl groups is 2. The number of amides is 2. The van der Waals surface area contributed by atoms with E-state index in [4.69, 9.17) is 9.47 Å². The van der Waals surface area contributed by atoms with E-state index in [2.05, 4.69) is 4.74 Å². The topological polar surface area (TPSA) is 143 Å². The van der Waals surface area contributed by atoms with Gasteiger partial charge >= 0.3 is 18.2 Å². The van der Waals surface area contributed by atoms with Crippen molar-refractivity contribution in [2.45, 2.75) is 6.92 Å². The average molecular weight is 458 g/mol. The van der Waals surface area contributed by atoms with Crippen molar-refractivity contribution in [3.8, 4) is 23.0 Å². The van der Waals surface area contributed by atoms with Crippen LogP contribution in [0.4, 0.5) is 9.59 Å². The van der Waals surface area contributed by atoms with Crippen molar-refractivity contribution in [3.05, 3.63) is 47.5 Å². The molecule has 0 atom stereocenters. The van der Waals surface area contributed by atoms with E-state index in [0.717, 1.165) is 7.11 Å². The predicted octanol–water partition coefficient (Wildman–Crippen LogP) is 2.40. The number of ketones is 1. The van der Waals surface area contributed by atoms with E-state index in [9.17, 15) is 29.4 Å². The number of hydrogen-bond acceptors (Lipinski definition) is 9. The lowest BCUT2D eigenvalue weighted by Gasteiger charge is -2.33. The number of hydrogen-bond donors (Lipinski definition) is 2. The Kier molecular flexibility index (Phi) is 7.01. The van der Waals surface area contributed by atoms with E-state index in [0.29, 0.717) is 0 Å². The second-order valence-corrected chi connectivity index (χ2v) is 7.12. The van der Waals surface area contributed by atoms with Gasteiger partial charge in [-0.2, -0.15) is 0 Å². The zero-order valence-corrected chi connectivity index (χ0v) is 17.9. The molecule has 0 spiro atoms. The number of benzene rings is 2. The van der Waals surface area contributed by atoms with Gasteiger partial charge in [0.25, 0.3) is 0 Å². The van der Waals surface area contributed by atoms with Crippen LogP contribution >= 0.6 is 0 Å². The molecular formula is C22H22N2O9. The first-order valence-corrected chi connectivity index (χ1v) is 9.88. The Bertz CT molecular complexity index is 1090. The summed E-state index contributed by atoms with van der Waals surface area (Å²) in [5.41, 5.74) is -0.102. The molecule has 0 saturated carbocycles. The first-order valence-electron chi connectivity index (χ1n) is 9.88. The molecule has 0 aromatic heterocycles. The van der Waals surface area contributed by atoms with Crippen molar-refractivity contribution in [1.29, 1.82) is 0 Å². The van der Waals surface area contributed by atoms with Crippen molar-refractivity contribution in [3.63, 3.8) is 0 Å². The second kappa shape index (κ2) is 9.90. The van der Waals surface area contributed by atoms with E-state index in [1.807, 2.05) is 0 Å². The third-order valence-corrected chi connectivity index (χ3v) is 4.93. The molecule has 1 saturated heterocycles. The van der Waals surface area contributed by atoms with Crippen molar-refractivity contribution in [2.24, 2.45) is 0 Å². The maximum Gasteiger partial charge on any atom is 0.415 e. The third-order valence-electron chi connectivity index (χ3n) is 4.93. The first kappa shape index (κ1) is 23.4. The van der Waals surface area contributed by atoms with Crippen molar-refractivity contribution in [2.75, 3.05) is 33.3 Å². The Hall–Kier alpha value is -4.28. The molecule has 11 nitrogen and oxygen atoms in total. The van der Waals surface area contributed by atoms with Gasteiger partial charge in [0.2, 0.25) is 0 Å². The maximum absolute atomic E-state index is 12.4. The summed E-state index contributed by atoms with van der Waals surface area (Å²) in [5, 5.41) is 19.4. The van der Waals surface area contributed by atoms with Gasteiger partial charge in [0.15, 0.2) is 5.78 Å². The third kappa shape index (κ3) is 5.50. The van der Waals surface area contributed by atoms with Crippen molar-refractivity contribution >= 4 is 23.9 Å². The van der Waals surface area contributed by atoms with Crippen LogP contribution < -0.4 is 9.47 Å². The number of esters is 1. The molecule has 1 fully saturated rings. The summed E-state index contributed by atoms with van der Waals surface area (Å²) in [5.74, 6) is -1.50. The van der Waals surface area contributed by atoms with Crippen LogP contribution in [0, 0.1) is 0 Å². The lowest BCUT2D eigenvalue weighted by molar-refractivity contribution is 0.0596. The summed E-state index contributed by atoms with van der Waals surface area (Å²) in [6, 6.07) is 7.66. The molecule has 3 rings (SSSR count). The molecule has 1 heterocycles. The van der Waals surface area contributed by atoms with Crippen LogP contribution in [0.15, 0.2) is 36.4 Å². The highest BCUT2D eigenvalue weighted by molar-refractivity contribution is 5.97. The van der Waals surface area contributed by atoms with Gasteiger partial charge in [0.1, 0.15) is 28.6 Å². The van der Waals surface area contributed by atoms with Crippen molar-refractivity contribution < 1.29 is 43.6 Å². The van der Waals surface area contributed by atoms with Crippen LogP contribution in [0.2, 0.25) is 0 Å². The van der Waals surface area contributed by atoms with Gasteiger partial charge in [-0.3, -0.25) is 4.79 Å². The summed E-state index contributed by atoms with van der Waals surface area (Å²) in [4.78, 5) is 50.8. The SMILES string of the molecule is COC(=O)c1cc(OC(=O)N2CCN(C(=O)Oc3ccc(O)c(C(C)=O)c3)CC2)ccc1O. The molecule has 2 amide bonds. The van der Waals surface area contributed by atoms with Gasteiger partial charge in [0.05, 0.1) is 12.7 Å². The Balaban J connectivity index is 1.56. The quantitative estimate of drug-likeness (QED) is 0.521. The first-order chi connectivity index (χ1) is 15.7. The van der Waals surface area contributed by atoms with Crippen LogP contribution in [0.25, 0.3) is 0 Å². The number of piperazine rings is 1. The number of rotatable bonds is 4. The van der Waals surface area contributed by atoms with Gasteiger partial charge < -0.3 is 34.2 Å². The lowest BCUT2D eigenvalue weighted by atomic mass is 10.1. The van der Waals surface area contributed by atoms with Gasteiger partial charge in [-0.05, 0) is 43.3 Å². The fraction of sp³-hybridized carbons (Fsp3) is 0.273. The molecule has 0 unspecified atom stereocenters. The molecule has 2 aromatic rings. The number of methoxy groups -OCH3 is 1. The number of ether oxygens (including phenoxy) is 3. The number of phenolic OH excluding ortho intramolecular Hbond substituents is 2.